The molecule has 0 heterocycles. The Morgan fingerprint density at radius 1 is 1.32 bits per heavy atom. The standard InChI is InChI=1S/C16H26N2O3.ClH/c1-11-5-6-14(15(9-11)21-8-7-20-4)10-18-16(19)12(2)13(3)17;/h5-6,9,12-13H,7-8,10,17H2,1-4H3,(H,18,19);1H. The molecule has 1 aromatic carbocycles. The first kappa shape index (κ1) is 20.7. The first-order valence-electron chi connectivity index (χ1n) is 7.20. The minimum absolute atomic E-state index is 0. The lowest BCUT2D eigenvalue weighted by Crippen LogP contribution is -2.38. The van der Waals surface area contributed by atoms with Crippen LogP contribution < -0.4 is 15.8 Å². The molecule has 1 rings (SSSR count). The van der Waals surface area contributed by atoms with Crippen molar-refractivity contribution < 1.29 is 14.3 Å². The van der Waals surface area contributed by atoms with E-state index in [1.807, 2.05) is 39.0 Å². The maximum absolute atomic E-state index is 11.9. The third-order valence-electron chi connectivity index (χ3n) is 3.42. The van der Waals surface area contributed by atoms with E-state index >= 15 is 0 Å². The van der Waals surface area contributed by atoms with Crippen molar-refractivity contribution in [3.63, 3.8) is 0 Å². The molecule has 0 spiro atoms. The van der Waals surface area contributed by atoms with Gasteiger partial charge in [0.05, 0.1) is 6.61 Å². The van der Waals surface area contributed by atoms with Gasteiger partial charge in [0, 0.05) is 31.2 Å². The zero-order valence-corrected chi connectivity index (χ0v) is 14.5. The summed E-state index contributed by atoms with van der Waals surface area (Å²) in [6.07, 6.45) is 0. The van der Waals surface area contributed by atoms with Crippen LogP contribution in [0.2, 0.25) is 0 Å². The van der Waals surface area contributed by atoms with E-state index < -0.39 is 0 Å². The molecule has 0 fully saturated rings. The maximum Gasteiger partial charge on any atom is 0.224 e. The number of nitrogens with one attached hydrogen (secondary N) is 1. The number of ether oxygens (including phenoxy) is 2. The minimum Gasteiger partial charge on any atom is -0.491 e. The third-order valence-corrected chi connectivity index (χ3v) is 3.42. The number of benzene rings is 1. The highest BCUT2D eigenvalue weighted by Gasteiger charge is 2.17. The van der Waals surface area contributed by atoms with Gasteiger partial charge in [-0.05, 0) is 25.5 Å². The highest BCUT2D eigenvalue weighted by Crippen LogP contribution is 2.20. The summed E-state index contributed by atoms with van der Waals surface area (Å²) in [6, 6.07) is 5.76. The summed E-state index contributed by atoms with van der Waals surface area (Å²) in [5.74, 6) is 0.516. The Morgan fingerprint density at radius 2 is 2.00 bits per heavy atom. The number of carbonyl (C=O) groups excluding carboxylic acids is 1. The Balaban J connectivity index is 0.00000441. The number of carbonyl (C=O) groups is 1. The van der Waals surface area contributed by atoms with Gasteiger partial charge in [0.15, 0.2) is 0 Å². The second-order valence-electron chi connectivity index (χ2n) is 5.32. The van der Waals surface area contributed by atoms with Crippen LogP contribution in [0.5, 0.6) is 5.75 Å². The van der Waals surface area contributed by atoms with Crippen LogP contribution in [-0.4, -0.2) is 32.3 Å². The average Bonchev–Trinajstić information content (AvgIpc) is 2.45. The molecule has 6 heteroatoms. The van der Waals surface area contributed by atoms with Crippen LogP contribution in [0.15, 0.2) is 18.2 Å². The molecule has 0 radical (unpaired) electrons. The first-order chi connectivity index (χ1) is 9.95. The van der Waals surface area contributed by atoms with E-state index in [1.165, 1.54) is 0 Å². The zero-order chi connectivity index (χ0) is 15.8. The normalized spacial score (nSPS) is 13.0. The van der Waals surface area contributed by atoms with E-state index in [2.05, 4.69) is 5.32 Å². The van der Waals surface area contributed by atoms with Crippen molar-refractivity contribution in [1.29, 1.82) is 0 Å². The molecule has 0 bridgehead atoms. The molecule has 0 saturated carbocycles. The van der Waals surface area contributed by atoms with Crippen molar-refractivity contribution in [2.75, 3.05) is 20.3 Å². The lowest BCUT2D eigenvalue weighted by Gasteiger charge is -2.17. The van der Waals surface area contributed by atoms with Gasteiger partial charge < -0.3 is 20.5 Å². The van der Waals surface area contributed by atoms with E-state index in [4.69, 9.17) is 15.2 Å². The monoisotopic (exact) mass is 330 g/mol. The van der Waals surface area contributed by atoms with Gasteiger partial charge in [-0.25, -0.2) is 0 Å². The largest absolute Gasteiger partial charge is 0.491 e. The van der Waals surface area contributed by atoms with Crippen LogP contribution >= 0.6 is 12.4 Å². The molecule has 5 nitrogen and oxygen atoms in total. The zero-order valence-electron chi connectivity index (χ0n) is 13.7. The fraction of sp³-hybridized carbons (Fsp3) is 0.562. The third kappa shape index (κ3) is 6.64. The Hall–Kier alpha value is -1.30. The minimum atomic E-state index is -0.215. The van der Waals surface area contributed by atoms with Crippen LogP contribution in [0.4, 0.5) is 0 Å². The molecule has 0 saturated heterocycles. The van der Waals surface area contributed by atoms with Crippen molar-refractivity contribution in [3.8, 4) is 5.75 Å². The van der Waals surface area contributed by atoms with Gasteiger partial charge in [0.1, 0.15) is 12.4 Å². The highest BCUT2D eigenvalue weighted by molar-refractivity contribution is 5.85. The van der Waals surface area contributed by atoms with Gasteiger partial charge in [-0.3, -0.25) is 4.79 Å². The van der Waals surface area contributed by atoms with Gasteiger partial charge >= 0.3 is 0 Å². The quantitative estimate of drug-likeness (QED) is 0.715. The highest BCUT2D eigenvalue weighted by atomic mass is 35.5. The van der Waals surface area contributed by atoms with Gasteiger partial charge in [-0.2, -0.15) is 0 Å². The Bertz CT molecular complexity index is 467. The number of nitrogens with two attached hydrogens (primary N) is 1. The number of rotatable bonds is 8. The number of aryl methyl sites for hydroxylation is 1. The number of halogens is 1. The Morgan fingerprint density at radius 3 is 2.59 bits per heavy atom. The molecule has 0 aliphatic carbocycles. The average molecular weight is 331 g/mol. The summed E-state index contributed by atoms with van der Waals surface area (Å²) < 4.78 is 10.7. The van der Waals surface area contributed by atoms with Crippen LogP contribution in [0.1, 0.15) is 25.0 Å². The fourth-order valence-electron chi connectivity index (χ4n) is 1.76. The summed E-state index contributed by atoms with van der Waals surface area (Å²) in [5.41, 5.74) is 7.80. The summed E-state index contributed by atoms with van der Waals surface area (Å²) in [5, 5.41) is 2.90. The van der Waals surface area contributed by atoms with E-state index in [9.17, 15) is 4.79 Å². The molecule has 1 aromatic rings. The molecule has 2 atom stereocenters. The van der Waals surface area contributed by atoms with Crippen LogP contribution in [0.3, 0.4) is 0 Å². The van der Waals surface area contributed by atoms with Gasteiger partial charge in [0.2, 0.25) is 5.91 Å². The van der Waals surface area contributed by atoms with Crippen LogP contribution in [0.25, 0.3) is 0 Å². The topological polar surface area (TPSA) is 73.6 Å². The second-order valence-corrected chi connectivity index (χ2v) is 5.32. The SMILES string of the molecule is COCCOc1cc(C)ccc1CNC(=O)C(C)C(C)N.Cl. The number of hydrogen-bond donors (Lipinski definition) is 2. The first-order valence-corrected chi connectivity index (χ1v) is 7.20. The van der Waals surface area contributed by atoms with Crippen LogP contribution in [0, 0.1) is 12.8 Å². The summed E-state index contributed by atoms with van der Waals surface area (Å²) in [6.45, 7) is 7.10. The molecule has 2 unspecified atom stereocenters. The van der Waals surface area contributed by atoms with E-state index in [1.54, 1.807) is 7.11 Å². The molecule has 22 heavy (non-hydrogen) atoms. The van der Waals surface area contributed by atoms with E-state index in [-0.39, 0.29) is 30.3 Å². The number of amides is 1. The summed E-state index contributed by atoms with van der Waals surface area (Å²) in [7, 11) is 1.64. The molecular formula is C16H27ClN2O3. The molecule has 1 amide bonds. The molecule has 126 valence electrons. The Kier molecular flexibility index (Phi) is 9.81. The van der Waals surface area contributed by atoms with Crippen molar-refractivity contribution in [2.45, 2.75) is 33.4 Å². The van der Waals surface area contributed by atoms with Gasteiger partial charge in [0.25, 0.3) is 0 Å². The van der Waals surface area contributed by atoms with Crippen molar-refractivity contribution in [2.24, 2.45) is 11.7 Å². The van der Waals surface area contributed by atoms with Crippen molar-refractivity contribution in [3.05, 3.63) is 29.3 Å². The van der Waals surface area contributed by atoms with E-state index in [0.29, 0.717) is 19.8 Å². The molecular weight excluding hydrogens is 304 g/mol. The smallest absolute Gasteiger partial charge is 0.224 e. The number of methoxy groups -OCH3 is 1. The van der Waals surface area contributed by atoms with Crippen LogP contribution in [-0.2, 0) is 16.1 Å². The Labute approximate surface area is 139 Å². The molecule has 0 aliphatic rings. The predicted octanol–water partition coefficient (Wildman–Crippen LogP) is 2.04. The van der Waals surface area contributed by atoms with Gasteiger partial charge in [-0.15, -0.1) is 12.4 Å². The summed E-state index contributed by atoms with van der Waals surface area (Å²) >= 11 is 0. The van der Waals surface area contributed by atoms with Gasteiger partial charge in [-0.1, -0.05) is 19.1 Å². The summed E-state index contributed by atoms with van der Waals surface area (Å²) in [4.78, 5) is 11.9. The second kappa shape index (κ2) is 10.4. The fourth-order valence-corrected chi connectivity index (χ4v) is 1.76. The van der Waals surface area contributed by atoms with E-state index in [0.717, 1.165) is 16.9 Å². The molecule has 0 aliphatic heterocycles. The maximum atomic E-state index is 11.9. The predicted molar refractivity (Wildman–Crippen MR) is 90.5 cm³/mol. The lowest BCUT2D eigenvalue weighted by atomic mass is 10.0. The molecule has 3 N–H and O–H groups in total. The number of hydrogen-bond acceptors (Lipinski definition) is 4. The lowest BCUT2D eigenvalue weighted by molar-refractivity contribution is -0.125. The molecule has 0 aromatic heterocycles. The van der Waals surface area contributed by atoms with Crippen molar-refractivity contribution in [1.82, 2.24) is 5.32 Å². The van der Waals surface area contributed by atoms with Crippen molar-refractivity contribution >= 4 is 18.3 Å².